The molecular formula is C10H23NO. The maximum absolute atomic E-state index is 7.57. The molecule has 1 saturated carbocycles. The van der Waals surface area contributed by atoms with Crippen LogP contribution < -0.4 is 5.32 Å². The molecule has 0 aromatic heterocycles. The Bertz CT molecular complexity index is 127. The van der Waals surface area contributed by atoms with Crippen LogP contribution in [0, 0.1) is 10.8 Å². The summed E-state index contributed by atoms with van der Waals surface area (Å²) in [6, 6.07) is 0.713. The van der Waals surface area contributed by atoms with E-state index >= 15 is 0 Å². The van der Waals surface area contributed by atoms with E-state index in [-0.39, 0.29) is 6.61 Å². The molecular weight excluding hydrogens is 150 g/mol. The maximum Gasteiger partial charge on any atom is 0.0402 e. The van der Waals surface area contributed by atoms with Gasteiger partial charge in [-0.1, -0.05) is 27.7 Å². The highest BCUT2D eigenvalue weighted by Crippen LogP contribution is 2.62. The number of nitrogens with one attached hydrogen (secondary N) is 1. The van der Waals surface area contributed by atoms with Crippen molar-refractivity contribution in [2.24, 2.45) is 10.8 Å². The molecule has 0 amide bonds. The van der Waals surface area contributed by atoms with Crippen molar-refractivity contribution < 1.29 is 5.11 Å². The van der Waals surface area contributed by atoms with E-state index in [1.807, 2.05) is 7.05 Å². The van der Waals surface area contributed by atoms with Gasteiger partial charge in [0.15, 0.2) is 0 Å². The highest BCUT2D eigenvalue weighted by molar-refractivity contribution is 5.17. The van der Waals surface area contributed by atoms with Crippen LogP contribution in [0.1, 0.15) is 34.6 Å². The molecule has 0 spiro atoms. The normalized spacial score (nSPS) is 24.2. The molecule has 2 N–H and O–H groups in total. The van der Waals surface area contributed by atoms with Crippen LogP contribution in [0.4, 0.5) is 0 Å². The standard InChI is InChI=1S/C8H17N.C2H6O/c1-7(2)6(9-5)8(7,3)4;1-2-3/h6,9H,1-5H3;3H,2H2,1H3. The Balaban J connectivity index is 0.000000354. The number of hydrogen-bond donors (Lipinski definition) is 2. The second-order valence-electron chi connectivity index (χ2n) is 4.48. The zero-order valence-electron chi connectivity index (χ0n) is 9.23. The summed E-state index contributed by atoms with van der Waals surface area (Å²) in [5.74, 6) is 0. The van der Waals surface area contributed by atoms with Gasteiger partial charge in [0.05, 0.1) is 0 Å². The molecule has 0 aliphatic heterocycles. The van der Waals surface area contributed by atoms with Crippen LogP contribution >= 0.6 is 0 Å². The topological polar surface area (TPSA) is 32.3 Å². The Morgan fingerprint density at radius 2 is 1.42 bits per heavy atom. The van der Waals surface area contributed by atoms with Crippen LogP contribution in [0.25, 0.3) is 0 Å². The second-order valence-corrected chi connectivity index (χ2v) is 4.48. The van der Waals surface area contributed by atoms with Gasteiger partial charge in [-0.15, -0.1) is 0 Å². The molecule has 1 fully saturated rings. The van der Waals surface area contributed by atoms with E-state index in [0.717, 1.165) is 0 Å². The largest absolute Gasteiger partial charge is 0.397 e. The average Bonchev–Trinajstić information content (AvgIpc) is 2.26. The van der Waals surface area contributed by atoms with E-state index in [2.05, 4.69) is 33.0 Å². The first kappa shape index (κ1) is 11.9. The summed E-state index contributed by atoms with van der Waals surface area (Å²) in [7, 11) is 2.04. The lowest BCUT2D eigenvalue weighted by atomic mass is 10.0. The molecule has 1 aliphatic rings. The van der Waals surface area contributed by atoms with Crippen molar-refractivity contribution in [2.75, 3.05) is 13.7 Å². The van der Waals surface area contributed by atoms with Crippen molar-refractivity contribution in [1.29, 1.82) is 0 Å². The number of aliphatic hydroxyl groups is 1. The Kier molecular flexibility index (Phi) is 3.73. The van der Waals surface area contributed by atoms with Gasteiger partial charge in [0.25, 0.3) is 0 Å². The molecule has 0 atom stereocenters. The van der Waals surface area contributed by atoms with Gasteiger partial charge >= 0.3 is 0 Å². The minimum absolute atomic E-state index is 0.250. The van der Waals surface area contributed by atoms with Gasteiger partial charge in [0.1, 0.15) is 0 Å². The third-order valence-electron chi connectivity index (χ3n) is 3.31. The SMILES string of the molecule is CCO.CNC1C(C)(C)C1(C)C. The summed E-state index contributed by atoms with van der Waals surface area (Å²) in [5, 5.41) is 10.9. The van der Waals surface area contributed by atoms with Crippen LogP contribution in [0.2, 0.25) is 0 Å². The summed E-state index contributed by atoms with van der Waals surface area (Å²) in [6.45, 7) is 11.2. The average molecular weight is 173 g/mol. The van der Waals surface area contributed by atoms with Gasteiger partial charge in [0, 0.05) is 12.6 Å². The van der Waals surface area contributed by atoms with Gasteiger partial charge < -0.3 is 10.4 Å². The molecule has 0 radical (unpaired) electrons. The van der Waals surface area contributed by atoms with Gasteiger partial charge in [-0.05, 0) is 24.8 Å². The monoisotopic (exact) mass is 173 g/mol. The second kappa shape index (κ2) is 3.75. The predicted molar refractivity (Wildman–Crippen MR) is 53.2 cm³/mol. The fourth-order valence-corrected chi connectivity index (χ4v) is 1.92. The third kappa shape index (κ3) is 1.80. The van der Waals surface area contributed by atoms with Gasteiger partial charge in [-0.25, -0.2) is 0 Å². The molecule has 0 saturated heterocycles. The molecule has 74 valence electrons. The Hall–Kier alpha value is -0.0800. The Morgan fingerprint density at radius 1 is 1.17 bits per heavy atom. The highest BCUT2D eigenvalue weighted by atomic mass is 16.2. The van der Waals surface area contributed by atoms with E-state index in [0.29, 0.717) is 16.9 Å². The molecule has 0 unspecified atom stereocenters. The molecule has 0 bridgehead atoms. The van der Waals surface area contributed by atoms with E-state index in [1.54, 1.807) is 6.92 Å². The molecule has 1 rings (SSSR count). The molecule has 1 aliphatic carbocycles. The van der Waals surface area contributed by atoms with Crippen molar-refractivity contribution >= 4 is 0 Å². The molecule has 12 heavy (non-hydrogen) atoms. The first-order valence-corrected chi connectivity index (χ1v) is 4.64. The van der Waals surface area contributed by atoms with Crippen LogP contribution in [-0.2, 0) is 0 Å². The first-order valence-electron chi connectivity index (χ1n) is 4.64. The predicted octanol–water partition coefficient (Wildman–Crippen LogP) is 1.64. The lowest BCUT2D eigenvalue weighted by Crippen LogP contribution is -2.15. The van der Waals surface area contributed by atoms with Crippen molar-refractivity contribution in [2.45, 2.75) is 40.7 Å². The Labute approximate surface area is 76.4 Å². The minimum Gasteiger partial charge on any atom is -0.397 e. The van der Waals surface area contributed by atoms with Crippen LogP contribution in [-0.4, -0.2) is 24.8 Å². The summed E-state index contributed by atoms with van der Waals surface area (Å²) in [5.41, 5.74) is 1.00. The van der Waals surface area contributed by atoms with E-state index < -0.39 is 0 Å². The van der Waals surface area contributed by atoms with E-state index in [4.69, 9.17) is 5.11 Å². The van der Waals surface area contributed by atoms with Gasteiger partial charge in [0.2, 0.25) is 0 Å². The number of rotatable bonds is 1. The summed E-state index contributed by atoms with van der Waals surface area (Å²) >= 11 is 0. The molecule has 2 heteroatoms. The smallest absolute Gasteiger partial charge is 0.0402 e. The van der Waals surface area contributed by atoms with E-state index in [9.17, 15) is 0 Å². The first-order chi connectivity index (χ1) is 5.36. The molecule has 0 aromatic rings. The summed E-state index contributed by atoms with van der Waals surface area (Å²) < 4.78 is 0. The van der Waals surface area contributed by atoms with Crippen molar-refractivity contribution in [3.8, 4) is 0 Å². The van der Waals surface area contributed by atoms with Crippen molar-refractivity contribution in [3.05, 3.63) is 0 Å². The summed E-state index contributed by atoms with van der Waals surface area (Å²) in [4.78, 5) is 0. The third-order valence-corrected chi connectivity index (χ3v) is 3.31. The van der Waals surface area contributed by atoms with Crippen LogP contribution in [0.15, 0.2) is 0 Å². The fourth-order valence-electron chi connectivity index (χ4n) is 1.92. The van der Waals surface area contributed by atoms with Crippen LogP contribution in [0.3, 0.4) is 0 Å². The minimum atomic E-state index is 0.250. The van der Waals surface area contributed by atoms with Crippen molar-refractivity contribution in [3.63, 3.8) is 0 Å². The van der Waals surface area contributed by atoms with Crippen LogP contribution in [0.5, 0.6) is 0 Å². The zero-order valence-corrected chi connectivity index (χ0v) is 9.23. The number of hydrogen-bond acceptors (Lipinski definition) is 2. The molecule has 2 nitrogen and oxygen atoms in total. The lowest BCUT2D eigenvalue weighted by molar-refractivity contribution is 0.318. The fraction of sp³-hybridized carbons (Fsp3) is 1.00. The zero-order chi connectivity index (χ0) is 9.99. The highest BCUT2D eigenvalue weighted by Gasteiger charge is 2.63. The number of aliphatic hydroxyl groups excluding tert-OH is 1. The van der Waals surface area contributed by atoms with E-state index in [1.165, 1.54) is 0 Å². The molecule has 0 aromatic carbocycles. The summed E-state index contributed by atoms with van der Waals surface area (Å²) in [6.07, 6.45) is 0. The Morgan fingerprint density at radius 3 is 1.42 bits per heavy atom. The maximum atomic E-state index is 7.57. The van der Waals surface area contributed by atoms with Crippen molar-refractivity contribution in [1.82, 2.24) is 5.32 Å². The molecule has 0 heterocycles. The quantitative estimate of drug-likeness (QED) is 0.632. The van der Waals surface area contributed by atoms with Gasteiger partial charge in [-0.2, -0.15) is 0 Å². The van der Waals surface area contributed by atoms with Gasteiger partial charge in [-0.3, -0.25) is 0 Å². The lowest BCUT2D eigenvalue weighted by Gasteiger charge is -2.03.